The summed E-state index contributed by atoms with van der Waals surface area (Å²) >= 11 is 0. The van der Waals surface area contributed by atoms with Crippen molar-refractivity contribution in [1.82, 2.24) is 10.2 Å². The molecule has 1 unspecified atom stereocenters. The molecule has 14 heavy (non-hydrogen) atoms. The van der Waals surface area contributed by atoms with Crippen LogP contribution in [0.25, 0.3) is 0 Å². The molecule has 1 saturated heterocycles. The molecule has 0 radical (unpaired) electrons. The summed E-state index contributed by atoms with van der Waals surface area (Å²) in [7, 11) is 0. The summed E-state index contributed by atoms with van der Waals surface area (Å²) in [5.41, 5.74) is 0. The number of rotatable bonds is 4. The fraction of sp³-hybridized carbons (Fsp3) is 0.889. The van der Waals surface area contributed by atoms with E-state index in [2.05, 4.69) is 11.4 Å². The van der Waals surface area contributed by atoms with Crippen molar-refractivity contribution in [3.05, 3.63) is 0 Å². The van der Waals surface area contributed by atoms with E-state index >= 15 is 0 Å². The van der Waals surface area contributed by atoms with Crippen LogP contribution in [0.2, 0.25) is 0 Å². The van der Waals surface area contributed by atoms with Gasteiger partial charge in [0.05, 0.1) is 19.2 Å². The third kappa shape index (κ3) is 3.99. The maximum Gasteiger partial charge on any atom is 0.250 e. The van der Waals surface area contributed by atoms with Gasteiger partial charge in [-0.2, -0.15) is 5.26 Å². The highest BCUT2D eigenvalue weighted by molar-refractivity contribution is 4.84. The number of hydrogen-bond donors (Lipinski definition) is 1. The van der Waals surface area contributed by atoms with Crippen molar-refractivity contribution in [2.45, 2.75) is 25.3 Å². The zero-order valence-electron chi connectivity index (χ0n) is 8.05. The normalized spacial score (nSPS) is 23.7. The number of piperidine rings is 1. The maximum absolute atomic E-state index is 11.9. The summed E-state index contributed by atoms with van der Waals surface area (Å²) in [6, 6.07) is 2.19. The largest absolute Gasteiger partial charge is 0.307 e. The molecule has 0 aromatic rings. The van der Waals surface area contributed by atoms with Gasteiger partial charge in [-0.3, -0.25) is 4.90 Å². The third-order valence-corrected chi connectivity index (χ3v) is 2.36. The lowest BCUT2D eigenvalue weighted by Crippen LogP contribution is -2.46. The zero-order chi connectivity index (χ0) is 10.4. The van der Waals surface area contributed by atoms with Crippen molar-refractivity contribution < 1.29 is 8.78 Å². The lowest BCUT2D eigenvalue weighted by Gasteiger charge is -2.31. The molecule has 0 aliphatic carbocycles. The Morgan fingerprint density at radius 1 is 1.57 bits per heavy atom. The minimum absolute atomic E-state index is 0.117. The van der Waals surface area contributed by atoms with Gasteiger partial charge in [-0.25, -0.2) is 8.78 Å². The number of hydrogen-bond acceptors (Lipinski definition) is 3. The van der Waals surface area contributed by atoms with Crippen LogP contribution < -0.4 is 5.32 Å². The first-order chi connectivity index (χ1) is 6.72. The predicted octanol–water partition coefficient (Wildman–Crippen LogP) is 0.829. The van der Waals surface area contributed by atoms with E-state index in [0.717, 1.165) is 19.4 Å². The Labute approximate surface area is 82.7 Å². The fourth-order valence-electron chi connectivity index (χ4n) is 1.72. The fourth-order valence-corrected chi connectivity index (χ4v) is 1.72. The van der Waals surface area contributed by atoms with E-state index in [1.165, 1.54) is 0 Å². The van der Waals surface area contributed by atoms with Crippen LogP contribution in [-0.2, 0) is 0 Å². The number of nitrogens with one attached hydrogen (secondary N) is 1. The second kappa shape index (κ2) is 5.89. The van der Waals surface area contributed by atoms with Crippen molar-refractivity contribution in [2.24, 2.45) is 0 Å². The Kier molecular flexibility index (Phi) is 4.77. The van der Waals surface area contributed by atoms with Crippen LogP contribution in [0.3, 0.4) is 0 Å². The lowest BCUT2D eigenvalue weighted by atomic mass is 10.1. The van der Waals surface area contributed by atoms with Gasteiger partial charge in [-0.1, -0.05) is 0 Å². The van der Waals surface area contributed by atoms with Crippen LogP contribution >= 0.6 is 0 Å². The molecular weight excluding hydrogens is 188 g/mol. The van der Waals surface area contributed by atoms with Gasteiger partial charge in [0.1, 0.15) is 0 Å². The van der Waals surface area contributed by atoms with Crippen LogP contribution in [0.15, 0.2) is 0 Å². The lowest BCUT2D eigenvalue weighted by molar-refractivity contribution is 0.129. The van der Waals surface area contributed by atoms with Crippen molar-refractivity contribution in [2.75, 3.05) is 26.2 Å². The van der Waals surface area contributed by atoms with Gasteiger partial charge < -0.3 is 5.32 Å². The first-order valence-electron chi connectivity index (χ1n) is 4.83. The molecule has 0 amide bonds. The van der Waals surface area contributed by atoms with E-state index < -0.39 is 6.43 Å². The maximum atomic E-state index is 11.9. The van der Waals surface area contributed by atoms with Crippen molar-refractivity contribution in [3.63, 3.8) is 0 Å². The van der Waals surface area contributed by atoms with E-state index in [1.807, 2.05) is 4.90 Å². The van der Waals surface area contributed by atoms with Crippen LogP contribution in [0, 0.1) is 11.3 Å². The summed E-state index contributed by atoms with van der Waals surface area (Å²) < 4.78 is 23.8. The highest BCUT2D eigenvalue weighted by Gasteiger charge is 2.19. The van der Waals surface area contributed by atoms with Crippen LogP contribution in [0.1, 0.15) is 12.8 Å². The summed E-state index contributed by atoms with van der Waals surface area (Å²) in [5.74, 6) is 0. The molecule has 0 bridgehead atoms. The predicted molar refractivity (Wildman–Crippen MR) is 49.1 cm³/mol. The van der Waals surface area contributed by atoms with E-state index in [9.17, 15) is 8.78 Å². The molecule has 1 atom stereocenters. The summed E-state index contributed by atoms with van der Waals surface area (Å²) in [4.78, 5) is 1.99. The standard InChI is InChI=1S/C9H15F2N3/c10-9(11)6-13-8-2-1-4-14(7-8)5-3-12/h8-9,13H,1-2,4-7H2. The van der Waals surface area contributed by atoms with E-state index in [4.69, 9.17) is 5.26 Å². The summed E-state index contributed by atoms with van der Waals surface area (Å²) in [6.45, 7) is 1.76. The molecule has 5 heteroatoms. The van der Waals surface area contributed by atoms with Crippen molar-refractivity contribution in [3.8, 4) is 6.07 Å². The Balaban J connectivity index is 2.22. The van der Waals surface area contributed by atoms with Crippen LogP contribution in [-0.4, -0.2) is 43.5 Å². The first-order valence-corrected chi connectivity index (χ1v) is 4.83. The monoisotopic (exact) mass is 203 g/mol. The van der Waals surface area contributed by atoms with Gasteiger partial charge in [0.2, 0.25) is 0 Å². The molecule has 0 aromatic heterocycles. The van der Waals surface area contributed by atoms with Crippen molar-refractivity contribution in [1.29, 1.82) is 5.26 Å². The SMILES string of the molecule is N#CCN1CCCC(NCC(F)F)C1. The highest BCUT2D eigenvalue weighted by atomic mass is 19.3. The highest BCUT2D eigenvalue weighted by Crippen LogP contribution is 2.09. The Hall–Kier alpha value is -0.730. The number of nitrogens with zero attached hydrogens (tertiary/aromatic N) is 2. The average molecular weight is 203 g/mol. The van der Waals surface area contributed by atoms with E-state index in [1.54, 1.807) is 0 Å². The second-order valence-corrected chi connectivity index (χ2v) is 3.53. The molecule has 1 fully saturated rings. The minimum Gasteiger partial charge on any atom is -0.307 e. The molecule has 1 N–H and O–H groups in total. The quantitative estimate of drug-likeness (QED) is 0.688. The molecule has 1 heterocycles. The van der Waals surface area contributed by atoms with Gasteiger partial charge in [-0.05, 0) is 19.4 Å². The summed E-state index contributed by atoms with van der Waals surface area (Å²) in [5, 5.41) is 11.3. The zero-order valence-corrected chi connectivity index (χ0v) is 8.05. The Bertz CT molecular complexity index is 203. The average Bonchev–Trinajstić information content (AvgIpc) is 2.16. The molecule has 80 valence electrons. The smallest absolute Gasteiger partial charge is 0.250 e. The third-order valence-electron chi connectivity index (χ3n) is 2.36. The molecule has 1 rings (SSSR count). The van der Waals surface area contributed by atoms with Gasteiger partial charge in [0.25, 0.3) is 6.43 Å². The van der Waals surface area contributed by atoms with Crippen molar-refractivity contribution >= 4 is 0 Å². The summed E-state index contributed by atoms with van der Waals surface area (Å²) in [6.07, 6.45) is -0.390. The number of halogens is 2. The van der Waals surface area contributed by atoms with Crippen LogP contribution in [0.5, 0.6) is 0 Å². The minimum atomic E-state index is -2.29. The number of likely N-dealkylation sites (tertiary alicyclic amines) is 1. The van der Waals surface area contributed by atoms with Gasteiger partial charge in [0.15, 0.2) is 0 Å². The topological polar surface area (TPSA) is 39.1 Å². The number of alkyl halides is 2. The first kappa shape index (κ1) is 11.3. The van der Waals surface area contributed by atoms with Gasteiger partial charge >= 0.3 is 0 Å². The Morgan fingerprint density at radius 3 is 3.00 bits per heavy atom. The number of nitriles is 1. The molecule has 1 aliphatic heterocycles. The molecule has 0 aromatic carbocycles. The van der Waals surface area contributed by atoms with Gasteiger partial charge in [-0.15, -0.1) is 0 Å². The van der Waals surface area contributed by atoms with Gasteiger partial charge in [0, 0.05) is 12.6 Å². The molecular formula is C9H15F2N3. The molecule has 3 nitrogen and oxygen atoms in total. The molecule has 1 aliphatic rings. The Morgan fingerprint density at radius 2 is 2.36 bits per heavy atom. The van der Waals surface area contributed by atoms with E-state index in [0.29, 0.717) is 13.1 Å². The molecule has 0 saturated carbocycles. The van der Waals surface area contributed by atoms with Crippen LogP contribution in [0.4, 0.5) is 8.78 Å². The molecule has 0 spiro atoms. The van der Waals surface area contributed by atoms with E-state index in [-0.39, 0.29) is 12.6 Å². The second-order valence-electron chi connectivity index (χ2n) is 3.53.